The first-order valence-electron chi connectivity index (χ1n) is 4.56. The van der Waals surface area contributed by atoms with Crippen LogP contribution in [-0.4, -0.2) is 11.2 Å². The number of hydrogen-bond donors (Lipinski definition) is 1. The summed E-state index contributed by atoms with van der Waals surface area (Å²) < 4.78 is 0. The second-order valence-electron chi connectivity index (χ2n) is 3.85. The van der Waals surface area contributed by atoms with Crippen LogP contribution in [0.25, 0.3) is 0 Å². The van der Waals surface area contributed by atoms with Gasteiger partial charge in [-0.05, 0) is 31.1 Å². The molecule has 0 unspecified atom stereocenters. The van der Waals surface area contributed by atoms with Crippen molar-refractivity contribution in [3.05, 3.63) is 0 Å². The molecule has 1 nitrogen and oxygen atoms in total. The lowest BCUT2D eigenvalue weighted by molar-refractivity contribution is 0.0963. The van der Waals surface area contributed by atoms with Gasteiger partial charge in [-0.25, -0.2) is 0 Å². The second kappa shape index (κ2) is 2.54. The molecule has 2 aliphatic rings. The molecule has 2 aliphatic carbocycles. The van der Waals surface area contributed by atoms with Gasteiger partial charge in [-0.1, -0.05) is 19.3 Å². The summed E-state index contributed by atoms with van der Waals surface area (Å²) in [7, 11) is 0. The van der Waals surface area contributed by atoms with E-state index >= 15 is 0 Å². The van der Waals surface area contributed by atoms with Gasteiger partial charge in [-0.3, -0.25) is 0 Å². The second-order valence-corrected chi connectivity index (χ2v) is 3.85. The molecule has 1 N–H and O–H groups in total. The van der Waals surface area contributed by atoms with Gasteiger partial charge in [0.2, 0.25) is 0 Å². The maximum atomic E-state index is 9.52. The summed E-state index contributed by atoms with van der Waals surface area (Å²) >= 11 is 0. The number of rotatable bonds is 0. The summed E-state index contributed by atoms with van der Waals surface area (Å²) in [5.41, 5.74) is 0. The highest BCUT2D eigenvalue weighted by molar-refractivity contribution is 4.86. The molecule has 0 spiro atoms. The van der Waals surface area contributed by atoms with Crippen LogP contribution in [0.4, 0.5) is 0 Å². The van der Waals surface area contributed by atoms with E-state index in [1.807, 2.05) is 0 Å². The van der Waals surface area contributed by atoms with Gasteiger partial charge in [0.1, 0.15) is 0 Å². The summed E-state index contributed by atoms with van der Waals surface area (Å²) in [6.07, 6.45) is 7.89. The molecular formula is C9H16O. The van der Waals surface area contributed by atoms with Crippen LogP contribution in [0.15, 0.2) is 0 Å². The Labute approximate surface area is 62.4 Å². The molecule has 0 aromatic rings. The summed E-state index contributed by atoms with van der Waals surface area (Å²) in [6.45, 7) is 0. The fourth-order valence-corrected chi connectivity index (χ4v) is 2.70. The zero-order valence-corrected chi connectivity index (χ0v) is 6.42. The Kier molecular flexibility index (Phi) is 1.69. The van der Waals surface area contributed by atoms with Gasteiger partial charge < -0.3 is 5.11 Å². The Hall–Kier alpha value is -0.0400. The van der Waals surface area contributed by atoms with Crippen molar-refractivity contribution in [1.29, 1.82) is 0 Å². The molecule has 0 radical (unpaired) electrons. The molecule has 0 aromatic heterocycles. The molecule has 1 heteroatoms. The molecule has 2 saturated carbocycles. The SMILES string of the molecule is O[C@H]1CC[C@H]2CCCC[C@H]21. The van der Waals surface area contributed by atoms with E-state index in [2.05, 4.69) is 0 Å². The standard InChI is InChI=1S/C9H16O/c10-9-6-5-7-3-1-2-4-8(7)9/h7-10H,1-6H2/t7-,8-,9+/m1/s1. The zero-order chi connectivity index (χ0) is 6.97. The highest BCUT2D eigenvalue weighted by Crippen LogP contribution is 2.41. The summed E-state index contributed by atoms with van der Waals surface area (Å²) in [5, 5.41) is 9.52. The molecule has 0 bridgehead atoms. The predicted molar refractivity (Wildman–Crippen MR) is 40.7 cm³/mol. The van der Waals surface area contributed by atoms with E-state index in [4.69, 9.17) is 0 Å². The summed E-state index contributed by atoms with van der Waals surface area (Å²) in [5.74, 6) is 1.58. The summed E-state index contributed by atoms with van der Waals surface area (Å²) in [6, 6.07) is 0. The minimum absolute atomic E-state index is 0.0605. The maximum Gasteiger partial charge on any atom is 0.0571 e. The zero-order valence-electron chi connectivity index (χ0n) is 6.42. The number of hydrogen-bond acceptors (Lipinski definition) is 1. The molecule has 0 aromatic carbocycles. The highest BCUT2D eigenvalue weighted by Gasteiger charge is 2.35. The number of aliphatic hydroxyl groups is 1. The first kappa shape index (κ1) is 6.66. The van der Waals surface area contributed by atoms with Crippen molar-refractivity contribution in [2.45, 2.75) is 44.6 Å². The molecule has 0 heterocycles. The Morgan fingerprint density at radius 1 is 0.900 bits per heavy atom. The Balaban J connectivity index is 2.01. The lowest BCUT2D eigenvalue weighted by Gasteiger charge is -2.26. The molecule has 10 heavy (non-hydrogen) atoms. The van der Waals surface area contributed by atoms with Crippen LogP contribution in [0.3, 0.4) is 0 Å². The van der Waals surface area contributed by atoms with Crippen molar-refractivity contribution < 1.29 is 5.11 Å². The average Bonchev–Trinajstić information content (AvgIpc) is 2.34. The predicted octanol–water partition coefficient (Wildman–Crippen LogP) is 1.95. The Morgan fingerprint density at radius 2 is 1.70 bits per heavy atom. The molecule has 3 atom stereocenters. The van der Waals surface area contributed by atoms with E-state index in [1.165, 1.54) is 32.1 Å². The third kappa shape index (κ3) is 0.968. The van der Waals surface area contributed by atoms with Crippen LogP contribution >= 0.6 is 0 Å². The molecule has 2 fully saturated rings. The fourth-order valence-electron chi connectivity index (χ4n) is 2.70. The van der Waals surface area contributed by atoms with Gasteiger partial charge in [0, 0.05) is 0 Å². The van der Waals surface area contributed by atoms with E-state index in [9.17, 15) is 5.11 Å². The minimum atomic E-state index is 0.0605. The van der Waals surface area contributed by atoms with Gasteiger partial charge >= 0.3 is 0 Å². The van der Waals surface area contributed by atoms with Crippen LogP contribution in [0.2, 0.25) is 0 Å². The van der Waals surface area contributed by atoms with Crippen molar-refractivity contribution in [3.8, 4) is 0 Å². The van der Waals surface area contributed by atoms with Gasteiger partial charge in [0.05, 0.1) is 6.10 Å². The Bertz CT molecular complexity index is 120. The molecule has 0 amide bonds. The van der Waals surface area contributed by atoms with Crippen LogP contribution in [0.1, 0.15) is 38.5 Å². The maximum absolute atomic E-state index is 9.52. The molecular weight excluding hydrogens is 124 g/mol. The lowest BCUT2D eigenvalue weighted by Crippen LogP contribution is -2.22. The first-order chi connectivity index (χ1) is 4.88. The number of aliphatic hydroxyl groups excluding tert-OH is 1. The quantitative estimate of drug-likeness (QED) is 0.545. The van der Waals surface area contributed by atoms with Gasteiger partial charge in [-0.15, -0.1) is 0 Å². The molecule has 0 aliphatic heterocycles. The molecule has 58 valence electrons. The monoisotopic (exact) mass is 140 g/mol. The topological polar surface area (TPSA) is 20.2 Å². The highest BCUT2D eigenvalue weighted by atomic mass is 16.3. The van der Waals surface area contributed by atoms with Crippen molar-refractivity contribution in [2.75, 3.05) is 0 Å². The minimum Gasteiger partial charge on any atom is -0.393 e. The van der Waals surface area contributed by atoms with E-state index in [1.54, 1.807) is 0 Å². The van der Waals surface area contributed by atoms with Crippen molar-refractivity contribution in [3.63, 3.8) is 0 Å². The smallest absolute Gasteiger partial charge is 0.0571 e. The first-order valence-corrected chi connectivity index (χ1v) is 4.56. The van der Waals surface area contributed by atoms with Crippen molar-refractivity contribution in [2.24, 2.45) is 11.8 Å². The van der Waals surface area contributed by atoms with E-state index in [0.29, 0.717) is 5.92 Å². The normalized spacial score (nSPS) is 47.1. The third-order valence-corrected chi connectivity index (χ3v) is 3.30. The fraction of sp³-hybridized carbons (Fsp3) is 1.00. The Morgan fingerprint density at radius 3 is 2.50 bits per heavy atom. The van der Waals surface area contributed by atoms with Gasteiger partial charge in [-0.2, -0.15) is 0 Å². The van der Waals surface area contributed by atoms with Gasteiger partial charge in [0.15, 0.2) is 0 Å². The third-order valence-electron chi connectivity index (χ3n) is 3.30. The van der Waals surface area contributed by atoms with Crippen LogP contribution in [-0.2, 0) is 0 Å². The van der Waals surface area contributed by atoms with Gasteiger partial charge in [0.25, 0.3) is 0 Å². The van der Waals surface area contributed by atoms with E-state index < -0.39 is 0 Å². The molecule has 2 rings (SSSR count). The van der Waals surface area contributed by atoms with Crippen LogP contribution in [0.5, 0.6) is 0 Å². The largest absolute Gasteiger partial charge is 0.393 e. The average molecular weight is 140 g/mol. The van der Waals surface area contributed by atoms with E-state index in [-0.39, 0.29) is 6.10 Å². The molecule has 0 saturated heterocycles. The lowest BCUT2D eigenvalue weighted by atomic mass is 9.81. The number of fused-ring (bicyclic) bond motifs is 1. The van der Waals surface area contributed by atoms with E-state index in [0.717, 1.165) is 12.3 Å². The van der Waals surface area contributed by atoms with Crippen molar-refractivity contribution in [1.82, 2.24) is 0 Å². The van der Waals surface area contributed by atoms with Crippen LogP contribution in [0, 0.1) is 11.8 Å². The van der Waals surface area contributed by atoms with Crippen molar-refractivity contribution >= 4 is 0 Å². The van der Waals surface area contributed by atoms with Crippen LogP contribution < -0.4 is 0 Å². The summed E-state index contributed by atoms with van der Waals surface area (Å²) in [4.78, 5) is 0.